The predicted octanol–water partition coefficient (Wildman–Crippen LogP) is 3.83. The topological polar surface area (TPSA) is 74.6 Å². The number of hydrogen-bond acceptors (Lipinski definition) is 3. The fraction of sp³-hybridized carbons (Fsp3) is 0.500. The summed E-state index contributed by atoms with van der Waals surface area (Å²) in [5, 5.41) is 18.5. The summed E-state index contributed by atoms with van der Waals surface area (Å²) in [4.78, 5) is 22.4. The summed E-state index contributed by atoms with van der Waals surface area (Å²) >= 11 is 0. The molecule has 0 unspecified atom stereocenters. The SMILES string of the molecule is CC/C=C/C[C@H](O)/C=C/[C@H]1C=CC(=O)[C@@H]1C/C=C/CCCC(=O)O. The Morgan fingerprint density at radius 1 is 1.29 bits per heavy atom. The maximum Gasteiger partial charge on any atom is 0.303 e. The highest BCUT2D eigenvalue weighted by Crippen LogP contribution is 2.27. The van der Waals surface area contributed by atoms with Crippen molar-refractivity contribution in [3.05, 3.63) is 48.6 Å². The normalized spacial score (nSPS) is 22.3. The van der Waals surface area contributed by atoms with Gasteiger partial charge in [-0.2, -0.15) is 0 Å². The van der Waals surface area contributed by atoms with Gasteiger partial charge in [-0.05, 0) is 38.2 Å². The molecule has 4 heteroatoms. The van der Waals surface area contributed by atoms with Crippen LogP contribution >= 0.6 is 0 Å². The highest BCUT2D eigenvalue weighted by molar-refractivity contribution is 5.95. The quantitative estimate of drug-likeness (QED) is 0.445. The average molecular weight is 332 g/mol. The number of carbonyl (C=O) groups excluding carboxylic acids is 1. The van der Waals surface area contributed by atoms with E-state index in [4.69, 9.17) is 5.11 Å². The van der Waals surface area contributed by atoms with Gasteiger partial charge in [0.05, 0.1) is 6.10 Å². The molecule has 0 spiro atoms. The number of carbonyl (C=O) groups is 2. The van der Waals surface area contributed by atoms with Crippen molar-refractivity contribution in [2.75, 3.05) is 0 Å². The van der Waals surface area contributed by atoms with Gasteiger partial charge < -0.3 is 10.2 Å². The van der Waals surface area contributed by atoms with Crippen LogP contribution in [0.2, 0.25) is 0 Å². The number of aliphatic hydroxyl groups excluding tert-OH is 1. The van der Waals surface area contributed by atoms with Crippen LogP contribution in [0.4, 0.5) is 0 Å². The summed E-state index contributed by atoms with van der Waals surface area (Å²) in [5.41, 5.74) is 0. The van der Waals surface area contributed by atoms with Gasteiger partial charge in [0.15, 0.2) is 5.78 Å². The minimum Gasteiger partial charge on any atom is -0.481 e. The van der Waals surface area contributed by atoms with Crippen molar-refractivity contribution in [1.82, 2.24) is 0 Å². The van der Waals surface area contributed by atoms with Crippen LogP contribution in [0.1, 0.15) is 45.4 Å². The Balaban J connectivity index is 2.42. The van der Waals surface area contributed by atoms with Gasteiger partial charge in [-0.3, -0.25) is 9.59 Å². The van der Waals surface area contributed by atoms with Gasteiger partial charge in [-0.25, -0.2) is 0 Å². The Morgan fingerprint density at radius 3 is 2.79 bits per heavy atom. The molecule has 2 N–H and O–H groups in total. The summed E-state index contributed by atoms with van der Waals surface area (Å²) in [6, 6.07) is 0. The summed E-state index contributed by atoms with van der Waals surface area (Å²) in [6.45, 7) is 2.05. The van der Waals surface area contributed by atoms with Crippen LogP contribution in [0.3, 0.4) is 0 Å². The summed E-state index contributed by atoms with van der Waals surface area (Å²) < 4.78 is 0. The van der Waals surface area contributed by atoms with E-state index in [0.29, 0.717) is 25.7 Å². The minimum absolute atomic E-state index is 0.0194. The van der Waals surface area contributed by atoms with Gasteiger partial charge in [-0.1, -0.05) is 49.5 Å². The van der Waals surface area contributed by atoms with Gasteiger partial charge in [0, 0.05) is 18.3 Å². The number of carboxylic acid groups (broad SMARTS) is 1. The first-order valence-electron chi connectivity index (χ1n) is 8.64. The zero-order chi connectivity index (χ0) is 17.8. The fourth-order valence-electron chi connectivity index (χ4n) is 2.59. The molecule has 132 valence electrons. The standard InChI is InChI=1S/C20H28O4/c1-2-3-6-9-17(21)14-12-16-13-15-19(22)18(16)10-7-4-5-8-11-20(23)24/h3-4,6-7,12-18,21H,2,5,8-11H2,1H3,(H,23,24)/b6-3+,7-4+,14-12+/t16-,17-,18+/m0/s1. The van der Waals surface area contributed by atoms with E-state index in [9.17, 15) is 14.7 Å². The molecule has 1 aliphatic carbocycles. The van der Waals surface area contributed by atoms with E-state index in [1.807, 2.05) is 43.4 Å². The molecular weight excluding hydrogens is 304 g/mol. The van der Waals surface area contributed by atoms with Crippen molar-refractivity contribution in [2.45, 2.75) is 51.6 Å². The van der Waals surface area contributed by atoms with Crippen LogP contribution in [0.5, 0.6) is 0 Å². The lowest BCUT2D eigenvalue weighted by molar-refractivity contribution is -0.137. The molecule has 1 rings (SSSR count). The van der Waals surface area contributed by atoms with E-state index >= 15 is 0 Å². The smallest absolute Gasteiger partial charge is 0.303 e. The van der Waals surface area contributed by atoms with Crippen molar-refractivity contribution >= 4 is 11.8 Å². The van der Waals surface area contributed by atoms with Crippen molar-refractivity contribution in [3.63, 3.8) is 0 Å². The number of aliphatic hydroxyl groups is 1. The molecule has 0 bridgehead atoms. The van der Waals surface area contributed by atoms with Crippen LogP contribution in [-0.4, -0.2) is 28.1 Å². The number of hydrogen-bond donors (Lipinski definition) is 2. The molecule has 0 fully saturated rings. The second-order valence-electron chi connectivity index (χ2n) is 6.01. The third-order valence-electron chi connectivity index (χ3n) is 3.97. The molecule has 1 aliphatic rings. The third kappa shape index (κ3) is 8.06. The molecule has 0 saturated heterocycles. The lowest BCUT2D eigenvalue weighted by Gasteiger charge is -2.13. The maximum atomic E-state index is 11.9. The summed E-state index contributed by atoms with van der Waals surface area (Å²) in [5.74, 6) is -0.766. The van der Waals surface area contributed by atoms with E-state index in [0.717, 1.165) is 6.42 Å². The molecule has 0 radical (unpaired) electrons. The summed E-state index contributed by atoms with van der Waals surface area (Å²) in [7, 11) is 0. The second kappa shape index (κ2) is 11.6. The van der Waals surface area contributed by atoms with Crippen LogP contribution in [0.15, 0.2) is 48.6 Å². The van der Waals surface area contributed by atoms with Crippen molar-refractivity contribution in [2.24, 2.45) is 11.8 Å². The Kier molecular flexibility index (Phi) is 9.70. The molecule has 0 saturated carbocycles. The number of carboxylic acids is 1. The largest absolute Gasteiger partial charge is 0.481 e. The second-order valence-corrected chi connectivity index (χ2v) is 6.01. The first-order valence-corrected chi connectivity index (χ1v) is 8.64. The molecule has 0 amide bonds. The Morgan fingerprint density at radius 2 is 2.08 bits per heavy atom. The van der Waals surface area contributed by atoms with E-state index in [1.54, 1.807) is 12.2 Å². The molecular formula is C20H28O4. The van der Waals surface area contributed by atoms with Crippen LogP contribution in [-0.2, 0) is 9.59 Å². The molecule has 0 aliphatic heterocycles. The Hall–Kier alpha value is -1.94. The monoisotopic (exact) mass is 332 g/mol. The number of allylic oxidation sites excluding steroid dienone is 6. The number of ketones is 1. The molecule has 0 aromatic rings. The Bertz CT molecular complexity index is 514. The molecule has 0 aromatic heterocycles. The van der Waals surface area contributed by atoms with E-state index in [1.165, 1.54) is 0 Å². The lowest BCUT2D eigenvalue weighted by Crippen LogP contribution is -2.14. The van der Waals surface area contributed by atoms with Crippen LogP contribution in [0.25, 0.3) is 0 Å². The van der Waals surface area contributed by atoms with Crippen molar-refractivity contribution < 1.29 is 19.8 Å². The van der Waals surface area contributed by atoms with E-state index < -0.39 is 12.1 Å². The number of rotatable bonds is 11. The minimum atomic E-state index is -0.781. The molecule has 3 atom stereocenters. The zero-order valence-corrected chi connectivity index (χ0v) is 14.3. The van der Waals surface area contributed by atoms with E-state index in [-0.39, 0.29) is 24.0 Å². The number of unbranched alkanes of at least 4 members (excludes halogenated alkanes) is 1. The van der Waals surface area contributed by atoms with Gasteiger partial charge in [-0.15, -0.1) is 0 Å². The lowest BCUT2D eigenvalue weighted by atomic mass is 9.90. The highest BCUT2D eigenvalue weighted by atomic mass is 16.4. The van der Waals surface area contributed by atoms with Crippen molar-refractivity contribution in [1.29, 1.82) is 0 Å². The van der Waals surface area contributed by atoms with Crippen LogP contribution < -0.4 is 0 Å². The third-order valence-corrected chi connectivity index (χ3v) is 3.97. The molecule has 0 aromatic carbocycles. The van der Waals surface area contributed by atoms with Gasteiger partial charge >= 0.3 is 5.97 Å². The van der Waals surface area contributed by atoms with Gasteiger partial charge in [0.25, 0.3) is 0 Å². The predicted molar refractivity (Wildman–Crippen MR) is 95.6 cm³/mol. The van der Waals surface area contributed by atoms with Gasteiger partial charge in [0.2, 0.25) is 0 Å². The highest BCUT2D eigenvalue weighted by Gasteiger charge is 2.27. The van der Waals surface area contributed by atoms with Crippen LogP contribution in [0, 0.1) is 11.8 Å². The summed E-state index contributed by atoms with van der Waals surface area (Å²) in [6.07, 6.45) is 18.2. The van der Waals surface area contributed by atoms with E-state index in [2.05, 4.69) is 0 Å². The Labute approximate surface area is 144 Å². The maximum absolute atomic E-state index is 11.9. The zero-order valence-electron chi connectivity index (χ0n) is 14.3. The fourth-order valence-corrected chi connectivity index (χ4v) is 2.59. The van der Waals surface area contributed by atoms with Gasteiger partial charge in [0.1, 0.15) is 0 Å². The van der Waals surface area contributed by atoms with Crippen molar-refractivity contribution in [3.8, 4) is 0 Å². The first-order chi connectivity index (χ1) is 11.5. The molecule has 4 nitrogen and oxygen atoms in total. The molecule has 24 heavy (non-hydrogen) atoms. The molecule has 0 heterocycles. The first kappa shape index (κ1) is 20.1. The average Bonchev–Trinajstić information content (AvgIpc) is 2.89. The number of aliphatic carboxylic acids is 1.